The van der Waals surface area contributed by atoms with Crippen LogP contribution in [0.2, 0.25) is 5.02 Å². The molecule has 6 nitrogen and oxygen atoms in total. The molecule has 5 rings (SSSR count). The normalized spacial score (nSPS) is 22.8. The molecule has 0 bridgehead atoms. The predicted molar refractivity (Wildman–Crippen MR) is 107 cm³/mol. The van der Waals surface area contributed by atoms with Gasteiger partial charge < -0.3 is 14.8 Å². The van der Waals surface area contributed by atoms with Crippen LogP contribution in [0.25, 0.3) is 10.9 Å². The fraction of sp³-hybridized carbons (Fsp3) is 0.429. The molecule has 0 unspecified atom stereocenters. The number of nitrogens with one attached hydrogen (secondary N) is 2. The van der Waals surface area contributed by atoms with Crippen LogP contribution in [0.1, 0.15) is 47.5 Å². The zero-order chi connectivity index (χ0) is 19.3. The van der Waals surface area contributed by atoms with Crippen molar-refractivity contribution >= 4 is 28.4 Å². The Morgan fingerprint density at radius 2 is 2.21 bits per heavy atom. The summed E-state index contributed by atoms with van der Waals surface area (Å²) in [7, 11) is 0. The third-order valence-electron chi connectivity index (χ3n) is 5.87. The summed E-state index contributed by atoms with van der Waals surface area (Å²) in [4.78, 5) is 18.2. The highest BCUT2D eigenvalue weighted by atomic mass is 35.5. The van der Waals surface area contributed by atoms with Crippen LogP contribution in [-0.4, -0.2) is 40.1 Å². The smallest absolute Gasteiger partial charge is 0.273 e. The Kier molecular flexibility index (Phi) is 4.40. The summed E-state index contributed by atoms with van der Waals surface area (Å²) in [5.41, 5.74) is 2.69. The lowest BCUT2D eigenvalue weighted by Crippen LogP contribution is -2.39. The van der Waals surface area contributed by atoms with Crippen molar-refractivity contribution in [2.24, 2.45) is 5.92 Å². The summed E-state index contributed by atoms with van der Waals surface area (Å²) in [6.07, 6.45) is 4.31. The number of benzene rings is 1. The summed E-state index contributed by atoms with van der Waals surface area (Å²) >= 11 is 6.08. The number of halogens is 1. The second-order valence-corrected chi connectivity index (χ2v) is 8.58. The second kappa shape index (κ2) is 6.94. The molecule has 0 radical (unpaired) electrons. The van der Waals surface area contributed by atoms with E-state index in [1.807, 2.05) is 18.3 Å². The Morgan fingerprint density at radius 1 is 1.36 bits per heavy atom. The average molecular weight is 399 g/mol. The molecule has 2 atom stereocenters. The maximum atomic E-state index is 12.6. The zero-order valence-corrected chi connectivity index (χ0v) is 16.5. The fourth-order valence-corrected chi connectivity index (χ4v) is 4.29. The first kappa shape index (κ1) is 17.8. The minimum Gasteiger partial charge on any atom is -0.361 e. The van der Waals surface area contributed by atoms with Gasteiger partial charge in [0.05, 0.1) is 0 Å². The van der Waals surface area contributed by atoms with E-state index < -0.39 is 0 Å². The summed E-state index contributed by atoms with van der Waals surface area (Å²) in [6, 6.07) is 7.83. The van der Waals surface area contributed by atoms with Crippen molar-refractivity contribution < 1.29 is 9.32 Å². The zero-order valence-electron chi connectivity index (χ0n) is 15.7. The van der Waals surface area contributed by atoms with Crippen LogP contribution in [0.15, 0.2) is 35.0 Å². The first-order valence-electron chi connectivity index (χ1n) is 9.82. The molecule has 1 aliphatic heterocycles. The van der Waals surface area contributed by atoms with Crippen molar-refractivity contribution in [1.29, 1.82) is 0 Å². The number of carbonyl (C=O) groups is 1. The molecule has 2 aromatic heterocycles. The van der Waals surface area contributed by atoms with E-state index >= 15 is 0 Å². The van der Waals surface area contributed by atoms with Gasteiger partial charge in [0.1, 0.15) is 5.76 Å². The van der Waals surface area contributed by atoms with Crippen LogP contribution in [0.4, 0.5) is 0 Å². The van der Waals surface area contributed by atoms with E-state index in [1.54, 1.807) is 6.07 Å². The van der Waals surface area contributed by atoms with Crippen LogP contribution in [0.3, 0.4) is 0 Å². The molecule has 1 saturated carbocycles. The van der Waals surface area contributed by atoms with E-state index in [9.17, 15) is 4.79 Å². The molecule has 1 aliphatic carbocycles. The Morgan fingerprint density at radius 3 is 3.04 bits per heavy atom. The molecule has 28 heavy (non-hydrogen) atoms. The van der Waals surface area contributed by atoms with Crippen molar-refractivity contribution in [3.63, 3.8) is 0 Å². The molecule has 2 fully saturated rings. The number of likely N-dealkylation sites (tertiary alicyclic amines) is 1. The van der Waals surface area contributed by atoms with Gasteiger partial charge >= 0.3 is 0 Å². The molecule has 2 aliphatic rings. The Balaban J connectivity index is 1.23. The number of H-pyrrole nitrogens is 1. The standard InChI is InChI=1S/C21H23ClN4O2/c1-12-9-26(10-14-8-23-17-6-15(22)4-5-16(14)17)11-19(12)24-21(27)18-7-20(28-25-18)13-2-3-13/h4-8,12-13,19,23H,2-3,9-11H2,1H3,(H,24,27)/t12-,19+/m0/s1. The third kappa shape index (κ3) is 3.42. The molecule has 7 heteroatoms. The molecular weight excluding hydrogens is 376 g/mol. The maximum absolute atomic E-state index is 12.6. The van der Waals surface area contributed by atoms with Gasteiger partial charge in [-0.15, -0.1) is 0 Å². The van der Waals surface area contributed by atoms with Gasteiger partial charge in [0.25, 0.3) is 5.91 Å². The van der Waals surface area contributed by atoms with Crippen molar-refractivity contribution in [3.05, 3.63) is 52.5 Å². The lowest BCUT2D eigenvalue weighted by atomic mass is 10.1. The minimum absolute atomic E-state index is 0.105. The van der Waals surface area contributed by atoms with E-state index in [4.69, 9.17) is 16.1 Å². The van der Waals surface area contributed by atoms with E-state index in [0.717, 1.165) is 48.8 Å². The van der Waals surface area contributed by atoms with Crippen molar-refractivity contribution in [3.8, 4) is 0 Å². The summed E-state index contributed by atoms with van der Waals surface area (Å²) in [5.74, 6) is 1.53. The van der Waals surface area contributed by atoms with E-state index in [1.165, 1.54) is 10.9 Å². The molecule has 2 N–H and O–H groups in total. The van der Waals surface area contributed by atoms with Gasteiger partial charge in [-0.05, 0) is 36.5 Å². The minimum atomic E-state index is -0.143. The number of aromatic amines is 1. The molecule has 0 spiro atoms. The summed E-state index contributed by atoms with van der Waals surface area (Å²) in [6.45, 7) is 4.78. The van der Waals surface area contributed by atoms with Crippen LogP contribution < -0.4 is 5.32 Å². The monoisotopic (exact) mass is 398 g/mol. The van der Waals surface area contributed by atoms with Crippen molar-refractivity contribution in [1.82, 2.24) is 20.4 Å². The molecule has 3 aromatic rings. The number of amides is 1. The Bertz CT molecular complexity index is 1020. The van der Waals surface area contributed by atoms with Crippen molar-refractivity contribution in [2.75, 3.05) is 13.1 Å². The van der Waals surface area contributed by atoms with E-state index in [0.29, 0.717) is 17.5 Å². The molecule has 1 saturated heterocycles. The largest absolute Gasteiger partial charge is 0.361 e. The summed E-state index contributed by atoms with van der Waals surface area (Å²) in [5, 5.41) is 9.02. The topological polar surface area (TPSA) is 74.2 Å². The average Bonchev–Trinajstić information content (AvgIpc) is 3.11. The van der Waals surface area contributed by atoms with Gasteiger partial charge in [0.15, 0.2) is 5.69 Å². The van der Waals surface area contributed by atoms with Gasteiger partial charge in [-0.1, -0.05) is 29.7 Å². The molecule has 1 amide bonds. The van der Waals surface area contributed by atoms with Gasteiger partial charge in [0, 0.05) is 59.8 Å². The predicted octanol–water partition coefficient (Wildman–Crippen LogP) is 3.94. The molecule has 3 heterocycles. The fourth-order valence-electron chi connectivity index (χ4n) is 4.11. The number of aromatic nitrogens is 2. The van der Waals surface area contributed by atoms with Gasteiger partial charge in [-0.25, -0.2) is 0 Å². The van der Waals surface area contributed by atoms with Crippen molar-refractivity contribution in [2.45, 2.75) is 38.3 Å². The van der Waals surface area contributed by atoms with E-state index in [-0.39, 0.29) is 11.9 Å². The number of rotatable bonds is 5. The number of hydrogen-bond donors (Lipinski definition) is 2. The van der Waals surface area contributed by atoms with Gasteiger partial charge in [-0.2, -0.15) is 0 Å². The maximum Gasteiger partial charge on any atom is 0.273 e. The SMILES string of the molecule is C[C@H]1CN(Cc2c[nH]c3cc(Cl)ccc23)C[C@H]1NC(=O)c1cc(C2CC2)on1. The van der Waals surface area contributed by atoms with Gasteiger partial charge in [0.2, 0.25) is 0 Å². The lowest BCUT2D eigenvalue weighted by molar-refractivity contribution is 0.0922. The quantitative estimate of drug-likeness (QED) is 0.682. The van der Waals surface area contributed by atoms with Crippen LogP contribution >= 0.6 is 11.6 Å². The lowest BCUT2D eigenvalue weighted by Gasteiger charge is -2.16. The first-order valence-corrected chi connectivity index (χ1v) is 10.2. The molecular formula is C21H23ClN4O2. The van der Waals surface area contributed by atoms with Crippen LogP contribution in [-0.2, 0) is 6.54 Å². The number of nitrogens with zero attached hydrogens (tertiary/aromatic N) is 2. The Hall–Kier alpha value is -2.31. The number of fused-ring (bicyclic) bond motifs is 1. The highest BCUT2D eigenvalue weighted by Gasteiger charge is 2.33. The molecule has 146 valence electrons. The number of carbonyl (C=O) groups excluding carboxylic acids is 1. The highest BCUT2D eigenvalue weighted by molar-refractivity contribution is 6.31. The van der Waals surface area contributed by atoms with E-state index in [2.05, 4.69) is 33.3 Å². The van der Waals surface area contributed by atoms with Gasteiger partial charge in [-0.3, -0.25) is 9.69 Å². The number of hydrogen-bond acceptors (Lipinski definition) is 4. The van der Waals surface area contributed by atoms with Crippen LogP contribution in [0.5, 0.6) is 0 Å². The first-order chi connectivity index (χ1) is 13.6. The molecule has 1 aromatic carbocycles. The second-order valence-electron chi connectivity index (χ2n) is 8.14. The highest BCUT2D eigenvalue weighted by Crippen LogP contribution is 2.40. The Labute approximate surface area is 168 Å². The van der Waals surface area contributed by atoms with Crippen LogP contribution in [0, 0.1) is 5.92 Å². The third-order valence-corrected chi connectivity index (χ3v) is 6.10. The summed E-state index contributed by atoms with van der Waals surface area (Å²) < 4.78 is 5.31.